The van der Waals surface area contributed by atoms with Crippen molar-refractivity contribution in [2.24, 2.45) is 0 Å². The molecule has 0 heterocycles. The zero-order valence-electron chi connectivity index (χ0n) is 13.7. The molecule has 0 aliphatic heterocycles. The minimum absolute atomic E-state index is 0.249. The summed E-state index contributed by atoms with van der Waals surface area (Å²) in [4.78, 5) is 11.9. The molecule has 2 aromatic rings. The van der Waals surface area contributed by atoms with Crippen molar-refractivity contribution in [1.29, 1.82) is 0 Å². The number of hydrogen-bond acceptors (Lipinski definition) is 3. The van der Waals surface area contributed by atoms with E-state index >= 15 is 0 Å². The molecule has 23 heavy (non-hydrogen) atoms. The second kappa shape index (κ2) is 8.08. The fourth-order valence-corrected chi connectivity index (χ4v) is 2.18. The van der Waals surface area contributed by atoms with Crippen molar-refractivity contribution in [3.63, 3.8) is 0 Å². The number of nitrogens with one attached hydrogen (secondary N) is 2. The van der Waals surface area contributed by atoms with Gasteiger partial charge in [0.2, 0.25) is 0 Å². The van der Waals surface area contributed by atoms with Crippen molar-refractivity contribution in [2.45, 2.75) is 13.8 Å². The number of para-hydroxylation sites is 2. The quantitative estimate of drug-likeness (QED) is 0.802. The van der Waals surface area contributed by atoms with Gasteiger partial charge in [0, 0.05) is 5.69 Å². The Kier molecular flexibility index (Phi) is 5.86. The molecule has 0 aliphatic rings. The largest absolute Gasteiger partial charge is 0.493 e. The molecule has 0 fully saturated rings. The highest BCUT2D eigenvalue weighted by Gasteiger charge is 2.05. The Morgan fingerprint density at radius 1 is 1.09 bits per heavy atom. The average molecular weight is 314 g/mol. The normalized spacial score (nSPS) is 10.0. The van der Waals surface area contributed by atoms with Crippen LogP contribution in [0.1, 0.15) is 11.1 Å². The van der Waals surface area contributed by atoms with Gasteiger partial charge in [-0.15, -0.1) is 0 Å². The molecule has 2 aromatic carbocycles. The lowest BCUT2D eigenvalue weighted by molar-refractivity contribution is 0.246. The standard InChI is InChI=1S/C18H22N2O3/c1-13-8-9-15(14(2)12-13)20-18(21)19-10-11-23-17-7-5-4-6-16(17)22-3/h4-9,12H,10-11H2,1-3H3,(H2,19,20,21). The summed E-state index contributed by atoms with van der Waals surface area (Å²) in [5.74, 6) is 1.33. The van der Waals surface area contributed by atoms with Gasteiger partial charge >= 0.3 is 6.03 Å². The van der Waals surface area contributed by atoms with Crippen molar-refractivity contribution in [3.8, 4) is 11.5 Å². The lowest BCUT2D eigenvalue weighted by Crippen LogP contribution is -2.32. The van der Waals surface area contributed by atoms with Crippen molar-refractivity contribution in [3.05, 3.63) is 53.6 Å². The van der Waals surface area contributed by atoms with E-state index in [1.807, 2.05) is 56.3 Å². The van der Waals surface area contributed by atoms with Gasteiger partial charge in [-0.05, 0) is 37.6 Å². The Hall–Kier alpha value is -2.69. The number of carbonyl (C=O) groups is 1. The van der Waals surface area contributed by atoms with Crippen LogP contribution < -0.4 is 20.1 Å². The summed E-state index contributed by atoms with van der Waals surface area (Å²) in [7, 11) is 1.60. The first kappa shape index (κ1) is 16.7. The van der Waals surface area contributed by atoms with E-state index in [9.17, 15) is 4.79 Å². The summed E-state index contributed by atoms with van der Waals surface area (Å²) in [5.41, 5.74) is 3.00. The highest BCUT2D eigenvalue weighted by Crippen LogP contribution is 2.25. The van der Waals surface area contributed by atoms with Crippen molar-refractivity contribution in [1.82, 2.24) is 5.32 Å². The molecular weight excluding hydrogens is 292 g/mol. The van der Waals surface area contributed by atoms with E-state index in [0.29, 0.717) is 24.7 Å². The highest BCUT2D eigenvalue weighted by atomic mass is 16.5. The zero-order chi connectivity index (χ0) is 16.7. The van der Waals surface area contributed by atoms with Gasteiger partial charge in [0.05, 0.1) is 13.7 Å². The monoisotopic (exact) mass is 314 g/mol. The van der Waals surface area contributed by atoms with Crippen LogP contribution in [0.2, 0.25) is 0 Å². The minimum atomic E-state index is -0.249. The number of benzene rings is 2. The van der Waals surface area contributed by atoms with Gasteiger partial charge in [0.25, 0.3) is 0 Å². The maximum absolute atomic E-state index is 11.9. The number of methoxy groups -OCH3 is 1. The molecule has 5 nitrogen and oxygen atoms in total. The lowest BCUT2D eigenvalue weighted by Gasteiger charge is -2.12. The minimum Gasteiger partial charge on any atom is -0.493 e. The van der Waals surface area contributed by atoms with Crippen LogP contribution in [0.15, 0.2) is 42.5 Å². The van der Waals surface area contributed by atoms with Gasteiger partial charge in [0.15, 0.2) is 11.5 Å². The fourth-order valence-electron chi connectivity index (χ4n) is 2.18. The zero-order valence-corrected chi connectivity index (χ0v) is 13.7. The summed E-state index contributed by atoms with van der Waals surface area (Å²) in [6.07, 6.45) is 0. The molecule has 0 unspecified atom stereocenters. The molecule has 0 bridgehead atoms. The third-order valence-electron chi connectivity index (χ3n) is 3.34. The summed E-state index contributed by atoms with van der Waals surface area (Å²) in [6, 6.07) is 13.0. The van der Waals surface area contributed by atoms with Crippen LogP contribution in [0.5, 0.6) is 11.5 Å². The van der Waals surface area contributed by atoms with E-state index in [-0.39, 0.29) is 6.03 Å². The van der Waals surface area contributed by atoms with Crippen LogP contribution in [-0.4, -0.2) is 26.3 Å². The van der Waals surface area contributed by atoms with Gasteiger partial charge in [-0.1, -0.05) is 29.8 Å². The maximum atomic E-state index is 11.9. The van der Waals surface area contributed by atoms with E-state index in [2.05, 4.69) is 10.6 Å². The third-order valence-corrected chi connectivity index (χ3v) is 3.34. The Bertz CT molecular complexity index is 671. The average Bonchev–Trinajstić information content (AvgIpc) is 2.54. The lowest BCUT2D eigenvalue weighted by atomic mass is 10.1. The van der Waals surface area contributed by atoms with Crippen LogP contribution in [-0.2, 0) is 0 Å². The van der Waals surface area contributed by atoms with Gasteiger partial charge in [-0.3, -0.25) is 0 Å². The van der Waals surface area contributed by atoms with Crippen molar-refractivity contribution < 1.29 is 14.3 Å². The molecular formula is C18H22N2O3. The Balaban J connectivity index is 1.76. The van der Waals surface area contributed by atoms with Crippen LogP contribution in [0, 0.1) is 13.8 Å². The van der Waals surface area contributed by atoms with Crippen molar-refractivity contribution >= 4 is 11.7 Å². The number of carbonyl (C=O) groups excluding carboxylic acids is 1. The predicted molar refractivity (Wildman–Crippen MR) is 91.4 cm³/mol. The smallest absolute Gasteiger partial charge is 0.319 e. The number of urea groups is 1. The number of ether oxygens (including phenoxy) is 2. The maximum Gasteiger partial charge on any atom is 0.319 e. The van der Waals surface area contributed by atoms with Crippen LogP contribution in [0.4, 0.5) is 10.5 Å². The number of anilines is 1. The van der Waals surface area contributed by atoms with Gasteiger partial charge in [-0.25, -0.2) is 4.79 Å². The van der Waals surface area contributed by atoms with Crippen LogP contribution in [0.3, 0.4) is 0 Å². The molecule has 2 N–H and O–H groups in total. The molecule has 0 saturated carbocycles. The Labute approximate surface area is 136 Å². The van der Waals surface area contributed by atoms with E-state index in [0.717, 1.165) is 11.3 Å². The first-order valence-electron chi connectivity index (χ1n) is 7.48. The molecule has 0 saturated heterocycles. The predicted octanol–water partition coefficient (Wildman–Crippen LogP) is 3.51. The SMILES string of the molecule is COc1ccccc1OCCNC(=O)Nc1ccc(C)cc1C. The van der Waals surface area contributed by atoms with Crippen molar-refractivity contribution in [2.75, 3.05) is 25.6 Å². The Morgan fingerprint density at radius 2 is 1.83 bits per heavy atom. The number of aryl methyl sites for hydroxylation is 2. The first-order chi connectivity index (χ1) is 11.1. The second-order valence-electron chi connectivity index (χ2n) is 5.20. The van der Waals surface area contributed by atoms with Crippen LogP contribution in [0.25, 0.3) is 0 Å². The summed E-state index contributed by atoms with van der Waals surface area (Å²) in [6.45, 7) is 4.74. The molecule has 2 amide bonds. The first-order valence-corrected chi connectivity index (χ1v) is 7.48. The molecule has 0 aromatic heterocycles. The fraction of sp³-hybridized carbons (Fsp3) is 0.278. The number of hydrogen-bond donors (Lipinski definition) is 2. The third kappa shape index (κ3) is 4.92. The number of amides is 2. The molecule has 0 aliphatic carbocycles. The number of rotatable bonds is 6. The molecule has 2 rings (SSSR count). The second-order valence-corrected chi connectivity index (χ2v) is 5.20. The highest BCUT2D eigenvalue weighted by molar-refractivity contribution is 5.90. The van der Waals surface area contributed by atoms with Gasteiger partial charge < -0.3 is 20.1 Å². The molecule has 0 spiro atoms. The molecule has 0 atom stereocenters. The Morgan fingerprint density at radius 3 is 2.52 bits per heavy atom. The molecule has 5 heteroatoms. The van der Waals surface area contributed by atoms with E-state index < -0.39 is 0 Å². The molecule has 122 valence electrons. The summed E-state index contributed by atoms with van der Waals surface area (Å²) in [5, 5.41) is 5.59. The molecule has 0 radical (unpaired) electrons. The van der Waals surface area contributed by atoms with Gasteiger partial charge in [-0.2, -0.15) is 0 Å². The van der Waals surface area contributed by atoms with Gasteiger partial charge in [0.1, 0.15) is 6.61 Å². The summed E-state index contributed by atoms with van der Waals surface area (Å²) < 4.78 is 10.8. The van der Waals surface area contributed by atoms with E-state index in [4.69, 9.17) is 9.47 Å². The summed E-state index contributed by atoms with van der Waals surface area (Å²) >= 11 is 0. The topological polar surface area (TPSA) is 59.6 Å². The van der Waals surface area contributed by atoms with E-state index in [1.54, 1.807) is 7.11 Å². The van der Waals surface area contributed by atoms with E-state index in [1.165, 1.54) is 5.56 Å². The van der Waals surface area contributed by atoms with Crippen LogP contribution >= 0.6 is 0 Å².